The van der Waals surface area contributed by atoms with Crippen LogP contribution in [0.4, 0.5) is 0 Å². The monoisotopic (exact) mass is 582 g/mol. The van der Waals surface area contributed by atoms with Gasteiger partial charge in [0.2, 0.25) is 0 Å². The molecule has 2 aliphatic carbocycles. The SMILES string of the molecule is Br.COc1ccc2c(c1OC)C[C@@H]1CCCN[C@H]1C2.Cl.Oc1ccc2c(c1O)C[C@@H]1CCCN[C@H]1C2. The van der Waals surface area contributed by atoms with E-state index in [0.717, 1.165) is 55.2 Å². The molecule has 36 heavy (non-hydrogen) atoms. The van der Waals surface area contributed by atoms with E-state index in [2.05, 4.69) is 16.7 Å². The third-order valence-electron chi connectivity index (χ3n) is 8.37. The van der Waals surface area contributed by atoms with Crippen LogP contribution in [0.15, 0.2) is 24.3 Å². The second-order valence-corrected chi connectivity index (χ2v) is 10.3. The summed E-state index contributed by atoms with van der Waals surface area (Å²) in [6.45, 7) is 2.28. The molecule has 2 aromatic carbocycles. The van der Waals surface area contributed by atoms with Crippen LogP contribution >= 0.6 is 29.4 Å². The lowest BCUT2D eigenvalue weighted by molar-refractivity contribution is 0.257. The van der Waals surface area contributed by atoms with Crippen LogP contribution in [0, 0.1) is 11.8 Å². The Labute approximate surface area is 231 Å². The van der Waals surface area contributed by atoms with Crippen molar-refractivity contribution in [3.05, 3.63) is 46.5 Å². The number of phenolic OH excluding ortho intramolecular Hbond substituents is 2. The molecule has 6 rings (SSSR count). The molecule has 0 amide bonds. The van der Waals surface area contributed by atoms with Gasteiger partial charge in [0.25, 0.3) is 0 Å². The lowest BCUT2D eigenvalue weighted by Gasteiger charge is -2.38. The van der Waals surface area contributed by atoms with E-state index in [1.165, 1.54) is 48.9 Å². The number of ether oxygens (including phenoxy) is 2. The van der Waals surface area contributed by atoms with Crippen molar-refractivity contribution in [2.45, 2.75) is 63.5 Å². The van der Waals surface area contributed by atoms with Crippen LogP contribution in [0.5, 0.6) is 23.0 Å². The fourth-order valence-electron chi connectivity index (χ4n) is 6.54. The smallest absolute Gasteiger partial charge is 0.164 e. The van der Waals surface area contributed by atoms with Crippen molar-refractivity contribution >= 4 is 29.4 Å². The second kappa shape index (κ2) is 12.7. The summed E-state index contributed by atoms with van der Waals surface area (Å²) in [5.41, 5.74) is 4.93. The zero-order valence-electron chi connectivity index (χ0n) is 21.2. The summed E-state index contributed by atoms with van der Waals surface area (Å²) in [6, 6.07) is 8.98. The molecule has 0 aromatic heterocycles. The lowest BCUT2D eigenvalue weighted by Crippen LogP contribution is -2.46. The van der Waals surface area contributed by atoms with Crippen molar-refractivity contribution in [1.82, 2.24) is 10.6 Å². The molecule has 6 nitrogen and oxygen atoms in total. The van der Waals surface area contributed by atoms with Crippen LogP contribution in [0.1, 0.15) is 47.9 Å². The Morgan fingerprint density at radius 3 is 1.89 bits per heavy atom. The van der Waals surface area contributed by atoms with E-state index in [0.29, 0.717) is 18.0 Å². The Balaban J connectivity index is 0.000000191. The first kappa shape index (κ1) is 28.9. The highest BCUT2D eigenvalue weighted by Crippen LogP contribution is 2.41. The molecule has 4 aliphatic rings. The minimum absolute atomic E-state index is 0. The van der Waals surface area contributed by atoms with Gasteiger partial charge in [0.15, 0.2) is 23.0 Å². The molecule has 8 heteroatoms. The van der Waals surface area contributed by atoms with E-state index < -0.39 is 0 Å². The summed E-state index contributed by atoms with van der Waals surface area (Å²) < 4.78 is 11.0. The molecule has 2 saturated heterocycles. The molecule has 200 valence electrons. The van der Waals surface area contributed by atoms with E-state index in [-0.39, 0.29) is 40.9 Å². The van der Waals surface area contributed by atoms with Gasteiger partial charge in [0.05, 0.1) is 14.2 Å². The van der Waals surface area contributed by atoms with Gasteiger partial charge in [0.1, 0.15) is 0 Å². The number of aromatic hydroxyl groups is 2. The van der Waals surface area contributed by atoms with E-state index in [1.807, 2.05) is 12.1 Å². The fourth-order valence-corrected chi connectivity index (χ4v) is 6.54. The Bertz CT molecular complexity index is 1040. The first-order chi connectivity index (χ1) is 16.6. The minimum atomic E-state index is 0. The van der Waals surface area contributed by atoms with E-state index >= 15 is 0 Å². The molecule has 2 aromatic rings. The number of benzene rings is 2. The number of hydrogen-bond acceptors (Lipinski definition) is 6. The largest absolute Gasteiger partial charge is 0.504 e. The maximum Gasteiger partial charge on any atom is 0.164 e. The van der Waals surface area contributed by atoms with Gasteiger partial charge in [-0.2, -0.15) is 0 Å². The topological polar surface area (TPSA) is 83.0 Å². The Kier molecular flexibility index (Phi) is 10.2. The van der Waals surface area contributed by atoms with Crippen molar-refractivity contribution in [1.29, 1.82) is 0 Å². The summed E-state index contributed by atoms with van der Waals surface area (Å²) >= 11 is 0. The first-order valence-electron chi connectivity index (χ1n) is 12.8. The third-order valence-corrected chi connectivity index (χ3v) is 8.37. The summed E-state index contributed by atoms with van der Waals surface area (Å²) in [5.74, 6) is 3.29. The first-order valence-corrected chi connectivity index (χ1v) is 12.8. The number of piperidine rings is 2. The second-order valence-electron chi connectivity index (χ2n) is 10.3. The predicted molar refractivity (Wildman–Crippen MR) is 151 cm³/mol. The summed E-state index contributed by atoms with van der Waals surface area (Å²) in [7, 11) is 3.45. The molecule has 2 aliphatic heterocycles. The summed E-state index contributed by atoms with van der Waals surface area (Å²) in [6.07, 6.45) is 9.19. The quantitative estimate of drug-likeness (QED) is 0.383. The molecule has 0 bridgehead atoms. The molecule has 2 fully saturated rings. The number of halogens is 2. The predicted octanol–water partition coefficient (Wildman–Crippen LogP) is 4.73. The molecule has 4 atom stereocenters. The van der Waals surface area contributed by atoms with Crippen molar-refractivity contribution in [3.63, 3.8) is 0 Å². The van der Waals surface area contributed by atoms with Crippen LogP contribution in [0.2, 0.25) is 0 Å². The van der Waals surface area contributed by atoms with Crippen molar-refractivity contribution < 1.29 is 19.7 Å². The Hall–Kier alpha value is -1.67. The van der Waals surface area contributed by atoms with Gasteiger partial charge < -0.3 is 30.3 Å². The molecule has 0 unspecified atom stereocenters. The normalized spacial score (nSPS) is 25.6. The van der Waals surface area contributed by atoms with Gasteiger partial charge in [-0.1, -0.05) is 12.1 Å². The Morgan fingerprint density at radius 1 is 0.750 bits per heavy atom. The average Bonchev–Trinajstić information content (AvgIpc) is 2.88. The van der Waals surface area contributed by atoms with E-state index in [4.69, 9.17) is 9.47 Å². The maximum absolute atomic E-state index is 9.86. The van der Waals surface area contributed by atoms with E-state index in [9.17, 15) is 10.2 Å². The molecule has 2 heterocycles. The van der Waals surface area contributed by atoms with Gasteiger partial charge in [-0.25, -0.2) is 0 Å². The maximum atomic E-state index is 9.86. The van der Waals surface area contributed by atoms with Crippen LogP contribution in [0.3, 0.4) is 0 Å². The molecular weight excluding hydrogens is 544 g/mol. The van der Waals surface area contributed by atoms with Crippen molar-refractivity contribution in [2.75, 3.05) is 27.3 Å². The number of methoxy groups -OCH3 is 2. The summed E-state index contributed by atoms with van der Waals surface area (Å²) in [4.78, 5) is 0. The molecule has 0 radical (unpaired) electrons. The van der Waals surface area contributed by atoms with Gasteiger partial charge in [-0.15, -0.1) is 29.4 Å². The highest BCUT2D eigenvalue weighted by atomic mass is 79.9. The van der Waals surface area contributed by atoms with Crippen LogP contribution < -0.4 is 20.1 Å². The van der Waals surface area contributed by atoms with Gasteiger partial charge >= 0.3 is 0 Å². The van der Waals surface area contributed by atoms with Gasteiger partial charge in [-0.3, -0.25) is 0 Å². The summed E-state index contributed by atoms with van der Waals surface area (Å²) in [5, 5.41) is 26.6. The number of nitrogens with one attached hydrogen (secondary N) is 2. The zero-order valence-corrected chi connectivity index (χ0v) is 23.7. The highest BCUT2D eigenvalue weighted by molar-refractivity contribution is 8.93. The van der Waals surface area contributed by atoms with Crippen LogP contribution in [-0.4, -0.2) is 49.6 Å². The highest BCUT2D eigenvalue weighted by Gasteiger charge is 2.33. The molecule has 4 N–H and O–H groups in total. The van der Waals surface area contributed by atoms with Crippen molar-refractivity contribution in [2.24, 2.45) is 11.8 Å². The average molecular weight is 584 g/mol. The number of hydrogen-bond donors (Lipinski definition) is 4. The number of fused-ring (bicyclic) bond motifs is 4. The fraction of sp³-hybridized carbons (Fsp3) is 0.571. The van der Waals surface area contributed by atoms with Gasteiger partial charge in [-0.05, 0) is 99.6 Å². The zero-order chi connectivity index (χ0) is 23.7. The van der Waals surface area contributed by atoms with E-state index in [1.54, 1.807) is 20.3 Å². The van der Waals surface area contributed by atoms with Crippen LogP contribution in [0.25, 0.3) is 0 Å². The Morgan fingerprint density at radius 2 is 1.31 bits per heavy atom. The number of phenols is 2. The lowest BCUT2D eigenvalue weighted by atomic mass is 9.76. The van der Waals surface area contributed by atoms with Crippen molar-refractivity contribution in [3.8, 4) is 23.0 Å². The third kappa shape index (κ3) is 5.74. The van der Waals surface area contributed by atoms with Gasteiger partial charge in [0, 0.05) is 23.2 Å². The molecule has 0 saturated carbocycles. The standard InChI is InChI=1S/C15H21NO2.C13H17NO2.BrH.ClH/c1-17-14-6-5-10-9-13-11(4-3-7-16-13)8-12(10)15(14)18-2;15-12-4-3-8-7-11-9(2-1-5-14-11)6-10(8)13(12)16;;/h5-6,11,13,16H,3-4,7-9H2,1-2H3;3-4,9,11,14-16H,1-2,5-7H2;2*1H/t11-,13-;9-,11-;;/m00../s1. The molecular formula is C28H40BrClN2O4. The number of rotatable bonds is 2. The molecule has 0 spiro atoms. The van der Waals surface area contributed by atoms with Crippen LogP contribution in [-0.2, 0) is 25.7 Å². The minimum Gasteiger partial charge on any atom is -0.504 e.